The van der Waals surface area contributed by atoms with E-state index in [9.17, 15) is 14.7 Å². The third-order valence-corrected chi connectivity index (χ3v) is 4.50. The highest BCUT2D eigenvalue weighted by Crippen LogP contribution is 2.39. The van der Waals surface area contributed by atoms with Crippen LogP contribution < -0.4 is 5.32 Å². The lowest BCUT2D eigenvalue weighted by Gasteiger charge is -2.31. The van der Waals surface area contributed by atoms with Crippen LogP contribution in [0, 0.1) is 5.41 Å². The van der Waals surface area contributed by atoms with Gasteiger partial charge in [-0.3, -0.25) is 4.79 Å². The number of para-hydroxylation sites is 1. The van der Waals surface area contributed by atoms with Crippen LogP contribution in [0.2, 0.25) is 0 Å². The number of nitrogens with one attached hydrogen (secondary N) is 1. The van der Waals surface area contributed by atoms with E-state index >= 15 is 0 Å². The molecule has 2 N–H and O–H groups in total. The van der Waals surface area contributed by atoms with E-state index in [1.54, 1.807) is 24.3 Å². The van der Waals surface area contributed by atoms with Crippen LogP contribution in [-0.4, -0.2) is 16.9 Å². The van der Waals surface area contributed by atoms with Crippen molar-refractivity contribution in [2.45, 2.75) is 26.7 Å². The number of allylic oxidation sites excluding steroid dienone is 2. The molecule has 0 aliphatic heterocycles. The largest absolute Gasteiger partial charge is 0.478 e. The van der Waals surface area contributed by atoms with Crippen molar-refractivity contribution in [1.82, 2.24) is 0 Å². The molecule has 4 nitrogen and oxygen atoms in total. The summed E-state index contributed by atoms with van der Waals surface area (Å²) in [7, 11) is 0. The van der Waals surface area contributed by atoms with Crippen LogP contribution in [0.3, 0.4) is 0 Å². The molecule has 0 saturated heterocycles. The van der Waals surface area contributed by atoms with E-state index < -0.39 is 5.97 Å². The molecular formula is C15H16INO3. The van der Waals surface area contributed by atoms with E-state index in [0.29, 0.717) is 15.7 Å². The second kappa shape index (κ2) is 5.55. The highest BCUT2D eigenvalue weighted by atomic mass is 127. The maximum Gasteiger partial charge on any atom is 0.337 e. The second-order valence-electron chi connectivity index (χ2n) is 5.71. The Morgan fingerprint density at radius 3 is 2.60 bits per heavy atom. The van der Waals surface area contributed by atoms with Gasteiger partial charge in [-0.1, -0.05) is 26.0 Å². The standard InChI is InChI=1S/C15H16INO3/c1-15(2)7-11(13(16)12(18)8-15)17-10-6-4-3-5-9(10)14(19)20/h3-6,17H,7-8H2,1-2H3,(H,19,20). The first-order chi connectivity index (χ1) is 9.30. The number of Topliss-reactive ketones (excluding diaryl/α,β-unsaturated/α-hetero) is 1. The van der Waals surface area contributed by atoms with Gasteiger partial charge in [0, 0.05) is 12.1 Å². The summed E-state index contributed by atoms with van der Waals surface area (Å²) in [5, 5.41) is 12.3. The maximum atomic E-state index is 12.0. The van der Waals surface area contributed by atoms with Gasteiger partial charge in [0.15, 0.2) is 5.78 Å². The molecule has 0 radical (unpaired) electrons. The van der Waals surface area contributed by atoms with Gasteiger partial charge in [-0.2, -0.15) is 0 Å². The van der Waals surface area contributed by atoms with Gasteiger partial charge in [-0.15, -0.1) is 0 Å². The SMILES string of the molecule is CC1(C)CC(=O)C(I)=C(Nc2ccccc2C(=O)O)C1. The Morgan fingerprint density at radius 1 is 1.30 bits per heavy atom. The highest BCUT2D eigenvalue weighted by Gasteiger charge is 2.32. The van der Waals surface area contributed by atoms with Gasteiger partial charge >= 0.3 is 5.97 Å². The molecule has 20 heavy (non-hydrogen) atoms. The maximum absolute atomic E-state index is 12.0. The van der Waals surface area contributed by atoms with Crippen LogP contribution in [0.1, 0.15) is 37.0 Å². The van der Waals surface area contributed by atoms with Crippen molar-refractivity contribution in [3.05, 3.63) is 39.1 Å². The first-order valence-electron chi connectivity index (χ1n) is 6.31. The summed E-state index contributed by atoms with van der Waals surface area (Å²) in [5.74, 6) is -0.873. The lowest BCUT2D eigenvalue weighted by atomic mass is 9.79. The van der Waals surface area contributed by atoms with Crippen molar-refractivity contribution < 1.29 is 14.7 Å². The third-order valence-electron chi connectivity index (χ3n) is 3.25. The van der Waals surface area contributed by atoms with Crippen molar-refractivity contribution in [2.75, 3.05) is 5.32 Å². The number of anilines is 1. The van der Waals surface area contributed by atoms with Crippen LogP contribution >= 0.6 is 22.6 Å². The topological polar surface area (TPSA) is 66.4 Å². The third kappa shape index (κ3) is 3.20. The summed E-state index contributed by atoms with van der Waals surface area (Å²) < 4.78 is 0.669. The first kappa shape index (κ1) is 15.0. The molecule has 0 spiro atoms. The Balaban J connectivity index is 2.37. The number of hydrogen-bond acceptors (Lipinski definition) is 3. The Bertz CT molecular complexity index is 605. The fourth-order valence-electron chi connectivity index (χ4n) is 2.34. The highest BCUT2D eigenvalue weighted by molar-refractivity contribution is 14.1. The Kier molecular flexibility index (Phi) is 4.17. The minimum Gasteiger partial charge on any atom is -0.478 e. The minimum absolute atomic E-state index is 0.105. The van der Waals surface area contributed by atoms with Crippen LogP contribution in [0.4, 0.5) is 5.69 Å². The van der Waals surface area contributed by atoms with Gasteiger partial charge in [0.25, 0.3) is 0 Å². The molecule has 0 heterocycles. The Labute approximate surface area is 131 Å². The summed E-state index contributed by atoms with van der Waals surface area (Å²) in [6.45, 7) is 4.08. The molecule has 2 rings (SSSR count). The van der Waals surface area contributed by atoms with Crippen molar-refractivity contribution >= 4 is 40.0 Å². The van der Waals surface area contributed by atoms with Gasteiger partial charge in [-0.25, -0.2) is 4.79 Å². The van der Waals surface area contributed by atoms with Gasteiger partial charge in [0.2, 0.25) is 0 Å². The van der Waals surface area contributed by atoms with E-state index in [2.05, 4.69) is 5.32 Å². The summed E-state index contributed by atoms with van der Waals surface area (Å²) in [5.41, 5.74) is 1.43. The Hall–Kier alpha value is -1.37. The smallest absolute Gasteiger partial charge is 0.337 e. The number of ketones is 1. The molecule has 1 aliphatic rings. The zero-order valence-electron chi connectivity index (χ0n) is 11.4. The fourth-order valence-corrected chi connectivity index (χ4v) is 2.86. The molecule has 0 fully saturated rings. The summed E-state index contributed by atoms with van der Waals surface area (Å²) in [6.07, 6.45) is 1.25. The molecule has 0 atom stereocenters. The average molecular weight is 385 g/mol. The quantitative estimate of drug-likeness (QED) is 0.777. The van der Waals surface area contributed by atoms with E-state index in [1.165, 1.54) is 0 Å². The second-order valence-corrected chi connectivity index (χ2v) is 6.79. The van der Waals surface area contributed by atoms with Crippen molar-refractivity contribution in [2.24, 2.45) is 5.41 Å². The zero-order chi connectivity index (χ0) is 14.9. The first-order valence-corrected chi connectivity index (χ1v) is 7.39. The molecule has 0 saturated carbocycles. The predicted octanol–water partition coefficient (Wildman–Crippen LogP) is 3.83. The van der Waals surface area contributed by atoms with Crippen LogP contribution in [-0.2, 0) is 4.79 Å². The van der Waals surface area contributed by atoms with Gasteiger partial charge in [0.1, 0.15) is 0 Å². The summed E-state index contributed by atoms with van der Waals surface area (Å²) in [4.78, 5) is 23.2. The van der Waals surface area contributed by atoms with Crippen LogP contribution in [0.5, 0.6) is 0 Å². The number of carbonyl (C=O) groups excluding carboxylic acids is 1. The molecule has 5 heteroatoms. The molecular weight excluding hydrogens is 369 g/mol. The minimum atomic E-state index is -0.981. The molecule has 0 unspecified atom stereocenters. The molecule has 0 bridgehead atoms. The van der Waals surface area contributed by atoms with Crippen LogP contribution in [0.15, 0.2) is 33.5 Å². The van der Waals surface area contributed by atoms with Crippen LogP contribution in [0.25, 0.3) is 0 Å². The number of benzene rings is 1. The van der Waals surface area contributed by atoms with E-state index in [4.69, 9.17) is 0 Å². The summed E-state index contributed by atoms with van der Waals surface area (Å²) >= 11 is 2.04. The summed E-state index contributed by atoms with van der Waals surface area (Å²) in [6, 6.07) is 6.72. The number of halogens is 1. The number of carbonyl (C=O) groups is 2. The lowest BCUT2D eigenvalue weighted by Crippen LogP contribution is -2.26. The molecule has 1 aliphatic carbocycles. The van der Waals surface area contributed by atoms with Crippen molar-refractivity contribution in [1.29, 1.82) is 0 Å². The normalized spacial score (nSPS) is 18.1. The molecule has 106 valence electrons. The van der Waals surface area contributed by atoms with Gasteiger partial charge in [0.05, 0.1) is 14.8 Å². The molecule has 1 aromatic rings. The number of rotatable bonds is 3. The monoisotopic (exact) mass is 385 g/mol. The molecule has 1 aromatic carbocycles. The molecule has 0 aromatic heterocycles. The van der Waals surface area contributed by atoms with E-state index in [-0.39, 0.29) is 16.8 Å². The average Bonchev–Trinajstić information content (AvgIpc) is 2.35. The van der Waals surface area contributed by atoms with Crippen molar-refractivity contribution in [3.63, 3.8) is 0 Å². The van der Waals surface area contributed by atoms with Crippen molar-refractivity contribution in [3.8, 4) is 0 Å². The predicted molar refractivity (Wildman–Crippen MR) is 86.1 cm³/mol. The van der Waals surface area contributed by atoms with E-state index in [0.717, 1.165) is 12.1 Å². The number of carboxylic acid groups (broad SMARTS) is 1. The number of hydrogen-bond donors (Lipinski definition) is 2. The molecule has 0 amide bonds. The van der Waals surface area contributed by atoms with Gasteiger partial charge < -0.3 is 10.4 Å². The number of carboxylic acids is 1. The van der Waals surface area contributed by atoms with Gasteiger partial charge in [-0.05, 0) is 46.6 Å². The Morgan fingerprint density at radius 2 is 1.95 bits per heavy atom. The van der Waals surface area contributed by atoms with E-state index in [1.807, 2.05) is 36.4 Å². The lowest BCUT2D eigenvalue weighted by molar-refractivity contribution is -0.117. The zero-order valence-corrected chi connectivity index (χ0v) is 13.5. The fraction of sp³-hybridized carbons (Fsp3) is 0.333. The number of aromatic carboxylic acids is 1.